The maximum Gasteiger partial charge on any atom is 0.320 e. The molecule has 0 radical (unpaired) electrons. The van der Waals surface area contributed by atoms with Crippen molar-refractivity contribution in [2.24, 2.45) is 0 Å². The lowest BCUT2D eigenvalue weighted by Gasteiger charge is -2.14. The third-order valence-corrected chi connectivity index (χ3v) is 5.25. The second kappa shape index (κ2) is 9.80. The predicted molar refractivity (Wildman–Crippen MR) is 127 cm³/mol. The van der Waals surface area contributed by atoms with E-state index in [4.69, 9.17) is 0 Å². The van der Waals surface area contributed by atoms with Gasteiger partial charge < -0.3 is 5.32 Å². The molecule has 2 heterocycles. The van der Waals surface area contributed by atoms with Crippen LogP contribution in [0.2, 0.25) is 0 Å². The van der Waals surface area contributed by atoms with Gasteiger partial charge in [-0.2, -0.15) is 9.78 Å². The van der Waals surface area contributed by atoms with Crippen LogP contribution in [-0.4, -0.2) is 32.3 Å². The van der Waals surface area contributed by atoms with Gasteiger partial charge in [0.15, 0.2) is 0 Å². The Hall–Kier alpha value is -3.42. The van der Waals surface area contributed by atoms with Crippen molar-refractivity contribution in [3.05, 3.63) is 69.3 Å². The summed E-state index contributed by atoms with van der Waals surface area (Å²) < 4.78 is 1.48. The molecule has 8 heteroatoms. The summed E-state index contributed by atoms with van der Waals surface area (Å²) in [7, 11) is 0. The second-order valence-corrected chi connectivity index (χ2v) is 8.85. The number of anilines is 1. The van der Waals surface area contributed by atoms with Crippen molar-refractivity contribution in [2.45, 2.75) is 59.3 Å². The maximum absolute atomic E-state index is 12.5. The molecule has 3 aromatic rings. The summed E-state index contributed by atoms with van der Waals surface area (Å²) in [5, 5.41) is 10.4. The minimum Gasteiger partial charge on any atom is -0.338 e. The summed E-state index contributed by atoms with van der Waals surface area (Å²) in [6.07, 6.45) is 2.31. The van der Waals surface area contributed by atoms with Crippen LogP contribution in [0.1, 0.15) is 56.6 Å². The van der Waals surface area contributed by atoms with E-state index in [2.05, 4.69) is 37.8 Å². The number of benzene rings is 1. The van der Waals surface area contributed by atoms with Gasteiger partial charge in [-0.05, 0) is 31.7 Å². The van der Waals surface area contributed by atoms with E-state index in [1.807, 2.05) is 52.0 Å². The van der Waals surface area contributed by atoms with Gasteiger partial charge in [-0.3, -0.25) is 15.1 Å². The van der Waals surface area contributed by atoms with Gasteiger partial charge in [-0.25, -0.2) is 9.78 Å². The molecule has 0 atom stereocenters. The summed E-state index contributed by atoms with van der Waals surface area (Å²) in [6, 6.07) is 11.6. The van der Waals surface area contributed by atoms with Crippen molar-refractivity contribution >= 4 is 11.8 Å². The molecule has 170 valence electrons. The van der Waals surface area contributed by atoms with Crippen LogP contribution < -0.4 is 16.2 Å². The number of aryl methyl sites for hydroxylation is 2. The average Bonchev–Trinajstić information content (AvgIpc) is 3.16. The number of nitrogens with one attached hydrogen (secondary N) is 3. The summed E-state index contributed by atoms with van der Waals surface area (Å²) in [5.41, 5.74) is 2.87. The maximum atomic E-state index is 12.5. The Labute approximate surface area is 188 Å². The van der Waals surface area contributed by atoms with Crippen LogP contribution in [0.3, 0.4) is 0 Å². The first kappa shape index (κ1) is 23.2. The van der Waals surface area contributed by atoms with E-state index in [1.165, 1.54) is 10.2 Å². The Morgan fingerprint density at radius 2 is 1.91 bits per heavy atom. The van der Waals surface area contributed by atoms with Crippen LogP contribution in [-0.2, 0) is 18.3 Å². The largest absolute Gasteiger partial charge is 0.338 e. The molecule has 0 aliphatic carbocycles. The molecule has 8 nitrogen and oxygen atoms in total. The Balaban J connectivity index is 1.76. The fraction of sp³-hybridized carbons (Fsp3) is 0.417. The molecule has 1 aromatic carbocycles. The Kier molecular flexibility index (Phi) is 7.12. The minimum atomic E-state index is -0.330. The molecule has 0 aliphatic rings. The highest BCUT2D eigenvalue weighted by Gasteiger charge is 2.22. The van der Waals surface area contributed by atoms with Crippen LogP contribution in [0.15, 0.2) is 41.2 Å². The molecule has 3 rings (SSSR count). The molecule has 0 spiro atoms. The monoisotopic (exact) mass is 436 g/mol. The first-order valence-electron chi connectivity index (χ1n) is 11.0. The number of carbonyl (C=O) groups excluding carboxylic acids is 1. The first-order valence-corrected chi connectivity index (χ1v) is 11.0. The Morgan fingerprint density at radius 3 is 2.53 bits per heavy atom. The van der Waals surface area contributed by atoms with Gasteiger partial charge in [-0.15, -0.1) is 0 Å². The van der Waals surface area contributed by atoms with E-state index in [0.29, 0.717) is 30.0 Å². The van der Waals surface area contributed by atoms with E-state index >= 15 is 0 Å². The fourth-order valence-electron chi connectivity index (χ4n) is 3.41. The van der Waals surface area contributed by atoms with Gasteiger partial charge in [0.25, 0.3) is 5.56 Å². The molecule has 3 N–H and O–H groups in total. The number of amides is 2. The second-order valence-electron chi connectivity index (χ2n) is 8.85. The lowest BCUT2D eigenvalue weighted by Crippen LogP contribution is -2.31. The van der Waals surface area contributed by atoms with Crippen LogP contribution in [0.25, 0.3) is 5.95 Å². The van der Waals surface area contributed by atoms with Crippen LogP contribution in [0.4, 0.5) is 10.6 Å². The quantitative estimate of drug-likeness (QED) is 0.489. The standard InChI is InChI=1S/C24H32N6O2/c1-6-18-16(2)26-22(28-21(18)31)30-20(15-19(29-30)24(3,4)5)27-23(32)25-14-10-13-17-11-8-7-9-12-17/h7-9,11-12,15H,6,10,13-14H2,1-5H3,(H2,25,27,32)(H,26,28,31). The highest BCUT2D eigenvalue weighted by Crippen LogP contribution is 2.25. The molecule has 2 aromatic heterocycles. The summed E-state index contributed by atoms with van der Waals surface area (Å²) in [6.45, 7) is 10.4. The zero-order valence-electron chi connectivity index (χ0n) is 19.5. The summed E-state index contributed by atoms with van der Waals surface area (Å²) in [5.74, 6) is 0.724. The summed E-state index contributed by atoms with van der Waals surface area (Å²) >= 11 is 0. The van der Waals surface area contributed by atoms with Gasteiger partial charge in [0.05, 0.1) is 5.69 Å². The number of urea groups is 1. The zero-order chi connectivity index (χ0) is 23.3. The number of hydrogen-bond donors (Lipinski definition) is 3. The first-order chi connectivity index (χ1) is 15.2. The molecule has 0 bridgehead atoms. The molecule has 0 aliphatic heterocycles. The molecular formula is C24H32N6O2. The van der Waals surface area contributed by atoms with E-state index < -0.39 is 0 Å². The molecule has 0 unspecified atom stereocenters. The molecule has 0 saturated heterocycles. The van der Waals surface area contributed by atoms with Crippen molar-refractivity contribution < 1.29 is 4.79 Å². The van der Waals surface area contributed by atoms with Gasteiger partial charge in [0.1, 0.15) is 5.82 Å². The predicted octanol–water partition coefficient (Wildman–Crippen LogP) is 3.88. The Morgan fingerprint density at radius 1 is 1.19 bits per heavy atom. The molecule has 2 amide bonds. The molecular weight excluding hydrogens is 404 g/mol. The van der Waals surface area contributed by atoms with Crippen LogP contribution in [0.5, 0.6) is 0 Å². The topological polar surface area (TPSA) is 105 Å². The minimum absolute atomic E-state index is 0.195. The van der Waals surface area contributed by atoms with E-state index in [0.717, 1.165) is 18.5 Å². The highest BCUT2D eigenvalue weighted by molar-refractivity contribution is 5.88. The van der Waals surface area contributed by atoms with Crippen molar-refractivity contribution in [3.63, 3.8) is 0 Å². The summed E-state index contributed by atoms with van der Waals surface area (Å²) in [4.78, 5) is 32.3. The van der Waals surface area contributed by atoms with Gasteiger partial charge >= 0.3 is 6.03 Å². The van der Waals surface area contributed by atoms with Crippen molar-refractivity contribution in [2.75, 3.05) is 11.9 Å². The number of aromatic amines is 1. The van der Waals surface area contributed by atoms with Crippen molar-refractivity contribution in [1.82, 2.24) is 25.1 Å². The Bertz CT molecular complexity index is 1130. The van der Waals surface area contributed by atoms with Crippen molar-refractivity contribution in [1.29, 1.82) is 0 Å². The lowest BCUT2D eigenvalue weighted by atomic mass is 9.92. The smallest absolute Gasteiger partial charge is 0.320 e. The van der Waals surface area contributed by atoms with E-state index in [-0.39, 0.29) is 23.0 Å². The zero-order valence-corrected chi connectivity index (χ0v) is 19.5. The molecule has 0 saturated carbocycles. The third kappa shape index (κ3) is 5.63. The fourth-order valence-corrected chi connectivity index (χ4v) is 3.41. The number of rotatable bonds is 7. The van der Waals surface area contributed by atoms with E-state index in [9.17, 15) is 9.59 Å². The van der Waals surface area contributed by atoms with Gasteiger partial charge in [0, 0.05) is 29.3 Å². The molecule has 0 fully saturated rings. The average molecular weight is 437 g/mol. The molecule has 32 heavy (non-hydrogen) atoms. The lowest BCUT2D eigenvalue weighted by molar-refractivity contribution is 0.252. The number of aromatic nitrogens is 4. The highest BCUT2D eigenvalue weighted by atomic mass is 16.2. The van der Waals surface area contributed by atoms with Crippen LogP contribution in [0, 0.1) is 6.92 Å². The van der Waals surface area contributed by atoms with Crippen LogP contribution >= 0.6 is 0 Å². The number of H-pyrrole nitrogens is 1. The number of hydrogen-bond acceptors (Lipinski definition) is 4. The van der Waals surface area contributed by atoms with Gasteiger partial charge in [-0.1, -0.05) is 58.0 Å². The third-order valence-electron chi connectivity index (χ3n) is 5.25. The van der Waals surface area contributed by atoms with E-state index in [1.54, 1.807) is 6.92 Å². The SMILES string of the molecule is CCc1c(C)nc(-n2nc(C(C)(C)C)cc2NC(=O)NCCCc2ccccc2)[nH]c1=O. The number of nitrogens with zero attached hydrogens (tertiary/aromatic N) is 3. The normalized spacial score (nSPS) is 11.4. The number of carbonyl (C=O) groups is 1. The van der Waals surface area contributed by atoms with Gasteiger partial charge in [0.2, 0.25) is 5.95 Å². The van der Waals surface area contributed by atoms with Crippen molar-refractivity contribution in [3.8, 4) is 5.95 Å².